The molecule has 27 heteroatoms. The molecule has 0 aliphatic carbocycles. The van der Waals surface area contributed by atoms with Crippen LogP contribution in [0.3, 0.4) is 0 Å². The summed E-state index contributed by atoms with van der Waals surface area (Å²) >= 11 is 0. The van der Waals surface area contributed by atoms with Crippen LogP contribution in [-0.2, 0) is 56.0 Å². The number of rotatable bonds is 8. The number of nitrogens with zero attached hydrogens (tertiary/aromatic N) is 1. The van der Waals surface area contributed by atoms with Gasteiger partial charge < -0.3 is 0 Å². The van der Waals surface area contributed by atoms with Crippen molar-refractivity contribution in [2.75, 3.05) is 0 Å². The van der Waals surface area contributed by atoms with Gasteiger partial charge in [-0.15, -0.1) is 0 Å². The van der Waals surface area contributed by atoms with Gasteiger partial charge in [-0.2, -0.15) is 132 Å². The normalized spacial score (nSPS) is 13.3. The van der Waals surface area contributed by atoms with Crippen molar-refractivity contribution in [2.45, 2.75) is 56.0 Å². The van der Waals surface area contributed by atoms with Gasteiger partial charge in [0.1, 0.15) is 6.15 Å². The highest BCUT2D eigenvalue weighted by atomic mass is 19.4. The molecule has 11 rings (SSSR count). The molecule has 0 saturated carbocycles. The Morgan fingerprint density at radius 1 is 0.304 bits per heavy atom. The SMILES string of the molecule is FC(F)(F)c1cc([B-](c2cc(C(F)(F)F)cc(C(F)(F)F)c2)(c2cc(C(F)(F)F)cc(C(F)(F)F)c2)c2cc(C(F)(F)F)cc(C(F)(F)F)c2)cc(C(F)(F)F)c1.O=C(C[n+]1c(-c2ccc3ccc4cccc5ccc2c3c45)ccc2ccccc21)c1ccccc1. The Bertz CT molecular complexity index is 4180. The number of hydrogen-bond donors (Lipinski definition) is 0. The van der Waals surface area contributed by atoms with Crippen LogP contribution >= 0.6 is 0 Å². The molecule has 92 heavy (non-hydrogen) atoms. The largest absolute Gasteiger partial charge is 0.416 e. The number of aromatic nitrogens is 1. The molecule has 0 amide bonds. The molecular weight excluding hydrogens is 1280 g/mol. The molecule has 476 valence electrons. The smallest absolute Gasteiger partial charge is 0.287 e. The van der Waals surface area contributed by atoms with Crippen LogP contribution in [0.4, 0.5) is 105 Å². The van der Waals surface area contributed by atoms with Crippen LogP contribution in [0, 0.1) is 0 Å². The molecule has 0 saturated heterocycles. The number of carbonyl (C=O) groups excluding carboxylic acids is 1. The van der Waals surface area contributed by atoms with Gasteiger partial charge in [-0.3, -0.25) is 4.79 Å². The molecular formula is C65H34BF24NO. The lowest BCUT2D eigenvalue weighted by atomic mass is 9.12. The van der Waals surface area contributed by atoms with Crippen molar-refractivity contribution < 1.29 is 115 Å². The van der Waals surface area contributed by atoms with Gasteiger partial charge >= 0.3 is 49.4 Å². The standard InChI is InChI=1S/C33H22NO.C32H12BF24/c35-31(23-8-2-1-3-9-23)21-34-29-12-5-4-7-22(29)17-20-30(34)27-18-15-26-14-13-24-10-6-11-25-16-19-28(27)33(26)32(24)25;34-25(35,36)13-1-14(26(37,38)39)6-21(5-13)33(22-7-15(27(40,41)42)2-16(8-22)28(43,44)45,23-9-17(29(46,47)48)3-18(10-23)30(49,50)51)24-11-19(31(52,53)54)4-20(12-24)32(55,56)57/h1-20H,21H2;1-12H/q+1;-1. The molecule has 0 aliphatic rings. The summed E-state index contributed by atoms with van der Waals surface area (Å²) < 4.78 is 343. The number of carbonyl (C=O) groups is 1. The highest BCUT2D eigenvalue weighted by Crippen LogP contribution is 2.43. The number of fused-ring (bicyclic) bond motifs is 1. The third-order valence-electron chi connectivity index (χ3n) is 15.6. The quantitative estimate of drug-likeness (QED) is 0.0488. The number of ketones is 1. The zero-order valence-electron chi connectivity index (χ0n) is 45.7. The Morgan fingerprint density at radius 2 is 0.609 bits per heavy atom. The van der Waals surface area contributed by atoms with Gasteiger partial charge in [-0.1, -0.05) is 140 Å². The number of Topliss-reactive ketones (excluding diaryl/α,β-unsaturated/α-hetero) is 1. The second-order valence-electron chi connectivity index (χ2n) is 21.3. The van der Waals surface area contributed by atoms with Crippen molar-refractivity contribution in [3.63, 3.8) is 0 Å². The van der Waals surface area contributed by atoms with Gasteiger partial charge in [-0.05, 0) is 74.8 Å². The van der Waals surface area contributed by atoms with E-state index in [4.69, 9.17) is 0 Å². The summed E-state index contributed by atoms with van der Waals surface area (Å²) in [6, 6.07) is 33.1. The van der Waals surface area contributed by atoms with Crippen LogP contribution in [0.25, 0.3) is 54.5 Å². The third-order valence-corrected chi connectivity index (χ3v) is 15.6. The summed E-state index contributed by atoms with van der Waals surface area (Å²) in [5.41, 5.74) is -26.2. The van der Waals surface area contributed by atoms with Crippen LogP contribution in [0.5, 0.6) is 0 Å². The summed E-state index contributed by atoms with van der Waals surface area (Å²) in [6.07, 6.45) is -54.8. The van der Waals surface area contributed by atoms with Gasteiger partial charge in [0.2, 0.25) is 23.5 Å². The van der Waals surface area contributed by atoms with Crippen molar-refractivity contribution in [1.29, 1.82) is 0 Å². The molecule has 0 bridgehead atoms. The van der Waals surface area contributed by atoms with E-state index in [1.807, 2.05) is 42.5 Å². The predicted octanol–water partition coefficient (Wildman–Crippen LogP) is 18.8. The van der Waals surface area contributed by atoms with Crippen molar-refractivity contribution in [2.24, 2.45) is 0 Å². The van der Waals surface area contributed by atoms with E-state index in [0.717, 1.165) is 27.7 Å². The molecule has 0 N–H and O–H groups in total. The number of para-hydroxylation sites is 1. The van der Waals surface area contributed by atoms with Gasteiger partial charge in [0.15, 0.2) is 0 Å². The van der Waals surface area contributed by atoms with Crippen molar-refractivity contribution in [3.05, 3.63) is 244 Å². The van der Waals surface area contributed by atoms with Crippen LogP contribution in [0.2, 0.25) is 0 Å². The first kappa shape index (κ1) is 65.7. The summed E-state index contributed by atoms with van der Waals surface area (Å²) in [6.45, 7) is 0.280. The van der Waals surface area contributed by atoms with E-state index >= 15 is 0 Å². The van der Waals surface area contributed by atoms with E-state index in [1.54, 1.807) is 0 Å². The Hall–Kier alpha value is -9.30. The monoisotopic (exact) mass is 1310 g/mol. The third kappa shape index (κ3) is 12.9. The lowest BCUT2D eigenvalue weighted by molar-refractivity contribution is -0.645. The highest BCUT2D eigenvalue weighted by molar-refractivity contribution is 7.20. The first-order valence-electron chi connectivity index (χ1n) is 26.6. The van der Waals surface area contributed by atoms with Gasteiger partial charge in [0.25, 0.3) is 0 Å². The van der Waals surface area contributed by atoms with Crippen molar-refractivity contribution >= 4 is 77.0 Å². The first-order chi connectivity index (χ1) is 42.5. The molecule has 1 aromatic heterocycles. The number of benzene rings is 10. The number of alkyl halides is 24. The highest BCUT2D eigenvalue weighted by Gasteiger charge is 2.47. The minimum Gasteiger partial charge on any atom is -0.287 e. The first-order valence-corrected chi connectivity index (χ1v) is 26.6. The lowest BCUT2D eigenvalue weighted by Gasteiger charge is -2.46. The molecule has 0 spiro atoms. The van der Waals surface area contributed by atoms with E-state index < -0.39 is 195 Å². The number of hydrogen-bond acceptors (Lipinski definition) is 1. The average molecular weight is 1310 g/mol. The van der Waals surface area contributed by atoms with Gasteiger partial charge in [0.05, 0.1) is 50.1 Å². The topological polar surface area (TPSA) is 20.9 Å². The Kier molecular flexibility index (Phi) is 16.3. The Balaban J connectivity index is 0.000000223. The maximum atomic E-state index is 14.2. The molecule has 0 aliphatic heterocycles. The zero-order valence-corrected chi connectivity index (χ0v) is 45.7. The van der Waals surface area contributed by atoms with Gasteiger partial charge in [-0.25, -0.2) is 0 Å². The molecule has 0 unspecified atom stereocenters. The molecule has 10 aromatic carbocycles. The summed E-state index contributed by atoms with van der Waals surface area (Å²) in [7, 11) is 0. The lowest BCUT2D eigenvalue weighted by Crippen LogP contribution is -2.75. The maximum absolute atomic E-state index is 14.2. The Morgan fingerprint density at radius 3 is 0.978 bits per heavy atom. The number of halogens is 24. The summed E-state index contributed by atoms with van der Waals surface area (Å²) in [5.74, 6) is 0.103. The van der Waals surface area contributed by atoms with E-state index in [9.17, 15) is 110 Å². The minimum absolute atomic E-state index is 0.103. The minimum atomic E-state index is -6.13. The average Bonchev–Trinajstić information content (AvgIpc) is 0.716. The van der Waals surface area contributed by atoms with Crippen molar-refractivity contribution in [1.82, 2.24) is 0 Å². The van der Waals surface area contributed by atoms with E-state index in [0.29, 0.717) is 0 Å². The zero-order chi connectivity index (χ0) is 67.3. The molecule has 0 atom stereocenters. The second kappa shape index (κ2) is 22.8. The van der Waals surface area contributed by atoms with E-state index in [-0.39, 0.29) is 12.3 Å². The molecule has 1 heterocycles. The van der Waals surface area contributed by atoms with E-state index in [1.165, 1.54) is 32.3 Å². The fraction of sp³-hybridized carbons (Fsp3) is 0.138. The second-order valence-corrected chi connectivity index (χ2v) is 21.3. The number of pyridine rings is 1. The maximum Gasteiger partial charge on any atom is 0.416 e. The van der Waals surface area contributed by atoms with Crippen LogP contribution in [-0.4, -0.2) is 11.9 Å². The summed E-state index contributed by atoms with van der Waals surface area (Å²) in [5, 5.41) is 8.66. The molecule has 0 fully saturated rings. The fourth-order valence-corrected chi connectivity index (χ4v) is 11.6. The fourth-order valence-electron chi connectivity index (χ4n) is 11.6. The van der Waals surface area contributed by atoms with Crippen molar-refractivity contribution in [3.8, 4) is 11.3 Å². The van der Waals surface area contributed by atoms with E-state index in [2.05, 4.69) is 83.4 Å². The van der Waals surface area contributed by atoms with Crippen LogP contribution in [0.15, 0.2) is 194 Å². The summed E-state index contributed by atoms with van der Waals surface area (Å²) in [4.78, 5) is 13.4. The van der Waals surface area contributed by atoms with Crippen LogP contribution in [0.1, 0.15) is 54.9 Å². The van der Waals surface area contributed by atoms with Crippen LogP contribution < -0.4 is 26.4 Å². The molecule has 11 aromatic rings. The molecule has 2 nitrogen and oxygen atoms in total. The Labute approximate surface area is 501 Å². The van der Waals surface area contributed by atoms with Gasteiger partial charge in [0, 0.05) is 23.1 Å². The molecule has 0 radical (unpaired) electrons. The predicted molar refractivity (Wildman–Crippen MR) is 294 cm³/mol.